The molecule has 132 valence electrons. The van der Waals surface area contributed by atoms with E-state index < -0.39 is 11.5 Å². The smallest absolute Gasteiger partial charge is 0.330 e. The van der Waals surface area contributed by atoms with Gasteiger partial charge in [-0.25, -0.2) is 4.79 Å². The predicted molar refractivity (Wildman–Crippen MR) is 92.8 cm³/mol. The Kier molecular flexibility index (Phi) is 6.78. The molecule has 1 unspecified atom stereocenters. The first kappa shape index (κ1) is 18.4. The summed E-state index contributed by atoms with van der Waals surface area (Å²) < 4.78 is 11.1. The summed E-state index contributed by atoms with van der Waals surface area (Å²) in [5.41, 5.74) is -1.11. The van der Waals surface area contributed by atoms with Crippen molar-refractivity contribution in [2.75, 3.05) is 24.7 Å². The first-order valence-corrected chi connectivity index (χ1v) is 9.19. The Hall–Kier alpha value is -1.89. The lowest BCUT2D eigenvalue weighted by Crippen LogP contribution is -2.54. The van der Waals surface area contributed by atoms with Crippen molar-refractivity contribution in [3.05, 3.63) is 24.3 Å². The van der Waals surface area contributed by atoms with Crippen LogP contribution in [-0.4, -0.2) is 47.2 Å². The molecule has 0 spiro atoms. The van der Waals surface area contributed by atoms with Crippen LogP contribution in [0.4, 0.5) is 0 Å². The lowest BCUT2D eigenvalue weighted by atomic mass is 9.99. The van der Waals surface area contributed by atoms with Crippen LogP contribution in [0.3, 0.4) is 0 Å². The summed E-state index contributed by atoms with van der Waals surface area (Å²) in [6.45, 7) is 2.82. The number of aliphatic carboxylic acids is 1. The number of rotatable bonds is 9. The third kappa shape index (κ3) is 4.80. The van der Waals surface area contributed by atoms with E-state index in [0.29, 0.717) is 43.3 Å². The number of carboxylic acid groups (broad SMARTS) is 1. The van der Waals surface area contributed by atoms with Crippen LogP contribution in [0.2, 0.25) is 0 Å². The molecule has 2 N–H and O–H groups in total. The molecule has 1 aromatic rings. The molecule has 0 aromatic heterocycles. The molecule has 1 aromatic carbocycles. The van der Waals surface area contributed by atoms with Crippen LogP contribution in [0.1, 0.15) is 26.2 Å². The van der Waals surface area contributed by atoms with E-state index in [1.807, 2.05) is 31.2 Å². The van der Waals surface area contributed by atoms with Crippen LogP contribution in [0.15, 0.2) is 24.3 Å². The predicted octanol–water partition coefficient (Wildman–Crippen LogP) is 2.32. The van der Waals surface area contributed by atoms with E-state index in [0.717, 1.165) is 5.75 Å². The van der Waals surface area contributed by atoms with Crippen LogP contribution in [0, 0.1) is 0 Å². The molecular weight excluding hydrogens is 330 g/mol. The molecule has 1 aliphatic rings. The molecule has 7 heteroatoms. The second kappa shape index (κ2) is 8.82. The maximum absolute atomic E-state index is 12.0. The average molecular weight is 353 g/mol. The molecule has 1 saturated heterocycles. The summed E-state index contributed by atoms with van der Waals surface area (Å²) in [6.07, 6.45) is 1.21. The highest BCUT2D eigenvalue weighted by atomic mass is 32.2. The Labute approximate surface area is 145 Å². The van der Waals surface area contributed by atoms with E-state index in [-0.39, 0.29) is 12.3 Å². The zero-order valence-electron chi connectivity index (χ0n) is 13.7. The number of ether oxygens (including phenoxy) is 2. The van der Waals surface area contributed by atoms with Crippen LogP contribution in [0.25, 0.3) is 0 Å². The van der Waals surface area contributed by atoms with E-state index in [9.17, 15) is 14.7 Å². The Morgan fingerprint density at radius 2 is 2.00 bits per heavy atom. The minimum Gasteiger partial charge on any atom is -0.490 e. The summed E-state index contributed by atoms with van der Waals surface area (Å²) in [5, 5.41) is 12.0. The first-order chi connectivity index (χ1) is 11.6. The molecule has 1 amide bonds. The zero-order chi connectivity index (χ0) is 17.4. The van der Waals surface area contributed by atoms with E-state index in [1.54, 1.807) is 11.8 Å². The van der Waals surface area contributed by atoms with Crippen molar-refractivity contribution >= 4 is 23.6 Å². The molecule has 0 saturated carbocycles. The lowest BCUT2D eigenvalue weighted by Gasteiger charge is -2.24. The van der Waals surface area contributed by atoms with Crippen LogP contribution < -0.4 is 14.8 Å². The molecule has 1 fully saturated rings. The van der Waals surface area contributed by atoms with Gasteiger partial charge >= 0.3 is 5.97 Å². The van der Waals surface area contributed by atoms with Gasteiger partial charge in [0.25, 0.3) is 0 Å². The Morgan fingerprint density at radius 1 is 1.29 bits per heavy atom. The van der Waals surface area contributed by atoms with Gasteiger partial charge in [0.2, 0.25) is 5.91 Å². The SMILES string of the molecule is CCOc1ccccc1OCCCC(=O)NC1(C(=O)O)CCSC1. The number of hydrogen-bond acceptors (Lipinski definition) is 5. The number of hydrogen-bond donors (Lipinski definition) is 2. The number of carboxylic acids is 1. The van der Waals surface area contributed by atoms with Crippen molar-refractivity contribution in [3.8, 4) is 11.5 Å². The fourth-order valence-corrected chi connectivity index (χ4v) is 3.80. The molecule has 1 heterocycles. The van der Waals surface area contributed by atoms with Gasteiger partial charge in [-0.1, -0.05) is 12.1 Å². The summed E-state index contributed by atoms with van der Waals surface area (Å²) in [4.78, 5) is 23.4. The summed E-state index contributed by atoms with van der Waals surface area (Å²) in [5.74, 6) is 1.30. The van der Waals surface area contributed by atoms with Gasteiger partial charge in [-0.3, -0.25) is 4.79 Å². The number of para-hydroxylation sites is 2. The van der Waals surface area contributed by atoms with Crippen LogP contribution in [-0.2, 0) is 9.59 Å². The van der Waals surface area contributed by atoms with Gasteiger partial charge in [0.15, 0.2) is 11.5 Å². The van der Waals surface area contributed by atoms with E-state index in [2.05, 4.69) is 5.32 Å². The number of carbonyl (C=O) groups is 2. The highest BCUT2D eigenvalue weighted by Gasteiger charge is 2.43. The minimum absolute atomic E-state index is 0.233. The second-order valence-corrected chi connectivity index (χ2v) is 6.67. The molecule has 24 heavy (non-hydrogen) atoms. The van der Waals surface area contributed by atoms with Gasteiger partial charge in [-0.15, -0.1) is 0 Å². The summed E-state index contributed by atoms with van der Waals surface area (Å²) >= 11 is 1.55. The zero-order valence-corrected chi connectivity index (χ0v) is 14.6. The van der Waals surface area contributed by atoms with Gasteiger partial charge in [0.1, 0.15) is 5.54 Å². The van der Waals surface area contributed by atoms with E-state index in [1.165, 1.54) is 0 Å². The van der Waals surface area contributed by atoms with Gasteiger partial charge in [0, 0.05) is 12.2 Å². The third-order valence-electron chi connectivity index (χ3n) is 3.76. The molecule has 1 aliphatic heterocycles. The number of benzene rings is 1. The fraction of sp³-hybridized carbons (Fsp3) is 0.529. The Balaban J connectivity index is 1.76. The third-order valence-corrected chi connectivity index (χ3v) is 4.95. The number of nitrogens with one attached hydrogen (secondary N) is 1. The number of amides is 1. The quantitative estimate of drug-likeness (QED) is 0.663. The Bertz CT molecular complexity index is 572. The van der Waals surface area contributed by atoms with E-state index in [4.69, 9.17) is 9.47 Å². The van der Waals surface area contributed by atoms with Gasteiger partial charge < -0.3 is 19.9 Å². The van der Waals surface area contributed by atoms with Crippen LogP contribution >= 0.6 is 11.8 Å². The lowest BCUT2D eigenvalue weighted by molar-refractivity contribution is -0.146. The van der Waals surface area contributed by atoms with Crippen molar-refractivity contribution in [2.24, 2.45) is 0 Å². The number of thioether (sulfide) groups is 1. The van der Waals surface area contributed by atoms with Crippen molar-refractivity contribution in [2.45, 2.75) is 31.7 Å². The maximum atomic E-state index is 12.0. The highest BCUT2D eigenvalue weighted by Crippen LogP contribution is 2.29. The number of carbonyl (C=O) groups excluding carboxylic acids is 1. The summed E-state index contributed by atoms with van der Waals surface area (Å²) in [6, 6.07) is 7.38. The largest absolute Gasteiger partial charge is 0.490 e. The summed E-state index contributed by atoms with van der Waals surface area (Å²) in [7, 11) is 0. The maximum Gasteiger partial charge on any atom is 0.330 e. The fourth-order valence-electron chi connectivity index (χ4n) is 2.47. The molecule has 0 radical (unpaired) electrons. The van der Waals surface area contributed by atoms with Crippen molar-refractivity contribution < 1.29 is 24.2 Å². The van der Waals surface area contributed by atoms with Crippen LogP contribution in [0.5, 0.6) is 11.5 Å². The normalized spacial score (nSPS) is 19.7. The first-order valence-electron chi connectivity index (χ1n) is 8.04. The standard InChI is InChI=1S/C17H23NO5S/c1-2-22-13-6-3-4-7-14(13)23-10-5-8-15(19)18-17(16(20)21)9-11-24-12-17/h3-4,6-7H,2,5,8-12H2,1H3,(H,18,19)(H,20,21). The molecule has 0 aliphatic carbocycles. The van der Waals surface area contributed by atoms with Gasteiger partial charge in [-0.2, -0.15) is 11.8 Å². The highest BCUT2D eigenvalue weighted by molar-refractivity contribution is 7.99. The molecule has 6 nitrogen and oxygen atoms in total. The van der Waals surface area contributed by atoms with Gasteiger partial charge in [-0.05, 0) is 37.7 Å². The van der Waals surface area contributed by atoms with Gasteiger partial charge in [0.05, 0.1) is 13.2 Å². The molecule has 1 atom stereocenters. The Morgan fingerprint density at radius 3 is 2.58 bits per heavy atom. The van der Waals surface area contributed by atoms with Crippen molar-refractivity contribution in [1.82, 2.24) is 5.32 Å². The topological polar surface area (TPSA) is 84.9 Å². The monoisotopic (exact) mass is 353 g/mol. The molecule has 2 rings (SSSR count). The van der Waals surface area contributed by atoms with E-state index >= 15 is 0 Å². The second-order valence-electron chi connectivity index (χ2n) is 5.57. The van der Waals surface area contributed by atoms with Crippen molar-refractivity contribution in [1.29, 1.82) is 0 Å². The molecular formula is C17H23NO5S. The van der Waals surface area contributed by atoms with Crippen molar-refractivity contribution in [3.63, 3.8) is 0 Å². The average Bonchev–Trinajstić information content (AvgIpc) is 3.03. The minimum atomic E-state index is -1.11. The molecule has 0 bridgehead atoms.